The molecule has 2 atom stereocenters. The van der Waals surface area contributed by atoms with Gasteiger partial charge < -0.3 is 15.4 Å². The molecular formula is C13H21N2O2+. The van der Waals surface area contributed by atoms with Crippen LogP contribution in [-0.4, -0.2) is 26.1 Å². The summed E-state index contributed by atoms with van der Waals surface area (Å²) >= 11 is 0. The number of rotatable bonds is 5. The molecule has 3 N–H and O–H groups in total. The summed E-state index contributed by atoms with van der Waals surface area (Å²) in [6.45, 7) is 4.59. The van der Waals surface area contributed by atoms with Crippen LogP contribution in [0.2, 0.25) is 0 Å². The lowest BCUT2D eigenvalue weighted by Crippen LogP contribution is -3.12. The molecule has 1 rings (SSSR count). The molecule has 4 heteroatoms. The van der Waals surface area contributed by atoms with E-state index in [0.717, 1.165) is 22.8 Å². The Kier molecular flexibility index (Phi) is 4.52. The first kappa shape index (κ1) is 13.5. The Labute approximate surface area is 102 Å². The number of hydrogen-bond acceptors (Lipinski definition) is 2. The van der Waals surface area contributed by atoms with Crippen molar-refractivity contribution in [3.63, 3.8) is 0 Å². The molecule has 0 saturated carbocycles. The Morgan fingerprint density at radius 3 is 2.71 bits per heavy atom. The minimum Gasteiger partial charge on any atom is -0.496 e. The van der Waals surface area contributed by atoms with E-state index in [9.17, 15) is 4.79 Å². The molecule has 0 aliphatic heterocycles. The van der Waals surface area contributed by atoms with Gasteiger partial charge in [0, 0.05) is 5.56 Å². The smallest absolute Gasteiger partial charge is 0.275 e. The highest BCUT2D eigenvalue weighted by atomic mass is 16.5. The van der Waals surface area contributed by atoms with Gasteiger partial charge in [-0.1, -0.05) is 11.6 Å². The van der Waals surface area contributed by atoms with Gasteiger partial charge in [0.25, 0.3) is 5.91 Å². The van der Waals surface area contributed by atoms with Crippen molar-refractivity contribution in [3.05, 3.63) is 29.3 Å². The molecule has 0 fully saturated rings. The van der Waals surface area contributed by atoms with Gasteiger partial charge in [-0.05, 0) is 26.0 Å². The first-order chi connectivity index (χ1) is 7.95. The number of hydrogen-bond donors (Lipinski definition) is 2. The summed E-state index contributed by atoms with van der Waals surface area (Å²) in [5, 5.41) is 0. The summed E-state index contributed by atoms with van der Waals surface area (Å²) < 4.78 is 5.31. The summed E-state index contributed by atoms with van der Waals surface area (Å²) in [6, 6.07) is 5.83. The van der Waals surface area contributed by atoms with Crippen LogP contribution >= 0.6 is 0 Å². The van der Waals surface area contributed by atoms with Gasteiger partial charge in [0.2, 0.25) is 0 Å². The molecule has 1 aromatic rings. The van der Waals surface area contributed by atoms with Gasteiger partial charge in [0.15, 0.2) is 6.04 Å². The van der Waals surface area contributed by atoms with Crippen molar-refractivity contribution < 1.29 is 14.4 Å². The van der Waals surface area contributed by atoms with Crippen LogP contribution in [0.25, 0.3) is 0 Å². The summed E-state index contributed by atoms with van der Waals surface area (Å²) in [5.41, 5.74) is 7.58. The van der Waals surface area contributed by atoms with E-state index in [2.05, 4.69) is 6.07 Å². The maximum absolute atomic E-state index is 11.1. The van der Waals surface area contributed by atoms with E-state index in [1.165, 1.54) is 5.56 Å². The van der Waals surface area contributed by atoms with E-state index in [-0.39, 0.29) is 11.9 Å². The molecule has 1 amide bonds. The SMILES string of the molecule is COc1ccc(C)cc1C[NH+](C)[C@@H](C)C(N)=O. The number of amides is 1. The van der Waals surface area contributed by atoms with Gasteiger partial charge in [-0.3, -0.25) is 4.79 Å². The number of benzene rings is 1. The van der Waals surface area contributed by atoms with E-state index >= 15 is 0 Å². The summed E-state index contributed by atoms with van der Waals surface area (Å²) in [5.74, 6) is 0.570. The highest BCUT2D eigenvalue weighted by Crippen LogP contribution is 2.18. The van der Waals surface area contributed by atoms with E-state index in [1.807, 2.05) is 33.0 Å². The number of ether oxygens (including phenoxy) is 1. The van der Waals surface area contributed by atoms with Crippen LogP contribution in [0.5, 0.6) is 5.75 Å². The lowest BCUT2D eigenvalue weighted by molar-refractivity contribution is -0.908. The third-order valence-corrected chi connectivity index (χ3v) is 3.07. The lowest BCUT2D eigenvalue weighted by Gasteiger charge is -2.20. The first-order valence-electron chi connectivity index (χ1n) is 5.71. The van der Waals surface area contributed by atoms with Gasteiger partial charge in [-0.15, -0.1) is 0 Å². The number of aryl methyl sites for hydroxylation is 1. The zero-order chi connectivity index (χ0) is 13.0. The standard InChI is InChI=1S/C13H20N2O2/c1-9-5-6-12(17-4)11(7-9)8-15(3)10(2)13(14)16/h5-7,10H,8H2,1-4H3,(H2,14,16)/p+1/t10-/m0/s1. The predicted molar refractivity (Wildman–Crippen MR) is 67.0 cm³/mol. The molecule has 17 heavy (non-hydrogen) atoms. The average Bonchev–Trinajstić information content (AvgIpc) is 2.28. The minimum atomic E-state index is -0.283. The third-order valence-electron chi connectivity index (χ3n) is 3.07. The highest BCUT2D eigenvalue weighted by Gasteiger charge is 2.20. The Morgan fingerprint density at radius 1 is 1.53 bits per heavy atom. The Hall–Kier alpha value is -1.55. The largest absolute Gasteiger partial charge is 0.496 e. The Bertz CT molecular complexity index is 404. The topological polar surface area (TPSA) is 56.8 Å². The number of carbonyl (C=O) groups is 1. The number of quaternary nitrogens is 1. The number of nitrogens with one attached hydrogen (secondary N) is 1. The van der Waals surface area contributed by atoms with Crippen molar-refractivity contribution in [2.24, 2.45) is 5.73 Å². The first-order valence-corrected chi connectivity index (χ1v) is 5.71. The van der Waals surface area contributed by atoms with Crippen molar-refractivity contribution in [2.45, 2.75) is 26.4 Å². The summed E-state index contributed by atoms with van der Waals surface area (Å²) in [4.78, 5) is 12.2. The van der Waals surface area contributed by atoms with Crippen LogP contribution in [0.1, 0.15) is 18.1 Å². The van der Waals surface area contributed by atoms with Crippen molar-refractivity contribution in [3.8, 4) is 5.75 Å². The second-order valence-corrected chi connectivity index (χ2v) is 4.46. The van der Waals surface area contributed by atoms with Crippen LogP contribution in [0.3, 0.4) is 0 Å². The molecule has 0 saturated heterocycles. The van der Waals surface area contributed by atoms with E-state index < -0.39 is 0 Å². The number of methoxy groups -OCH3 is 1. The number of carbonyl (C=O) groups excluding carboxylic acids is 1. The summed E-state index contributed by atoms with van der Waals surface area (Å²) in [7, 11) is 3.61. The Morgan fingerprint density at radius 2 is 2.18 bits per heavy atom. The maximum Gasteiger partial charge on any atom is 0.275 e. The minimum absolute atomic E-state index is 0.208. The molecule has 0 aliphatic carbocycles. The number of nitrogens with two attached hydrogens (primary N) is 1. The van der Waals surface area contributed by atoms with Crippen molar-refractivity contribution >= 4 is 5.91 Å². The van der Waals surface area contributed by atoms with Crippen molar-refractivity contribution in [1.29, 1.82) is 0 Å². The molecule has 0 radical (unpaired) electrons. The monoisotopic (exact) mass is 237 g/mol. The average molecular weight is 237 g/mol. The van der Waals surface area contributed by atoms with Crippen LogP contribution in [-0.2, 0) is 11.3 Å². The summed E-state index contributed by atoms with van der Waals surface area (Å²) in [6.07, 6.45) is 0. The Balaban J connectivity index is 2.86. The number of primary amides is 1. The van der Waals surface area contributed by atoms with E-state index in [4.69, 9.17) is 10.5 Å². The molecule has 94 valence electrons. The molecule has 0 aromatic heterocycles. The molecule has 0 aliphatic rings. The third kappa shape index (κ3) is 3.46. The van der Waals surface area contributed by atoms with Gasteiger partial charge >= 0.3 is 0 Å². The maximum atomic E-state index is 11.1. The fraction of sp³-hybridized carbons (Fsp3) is 0.462. The second-order valence-electron chi connectivity index (χ2n) is 4.46. The molecular weight excluding hydrogens is 216 g/mol. The fourth-order valence-electron chi connectivity index (χ4n) is 1.74. The molecule has 4 nitrogen and oxygen atoms in total. The predicted octanol–water partition coefficient (Wildman–Crippen LogP) is -0.108. The zero-order valence-electron chi connectivity index (χ0n) is 10.9. The quantitative estimate of drug-likeness (QED) is 0.751. The fourth-order valence-corrected chi connectivity index (χ4v) is 1.74. The van der Waals surface area contributed by atoms with Crippen LogP contribution in [0.15, 0.2) is 18.2 Å². The molecule has 0 bridgehead atoms. The van der Waals surface area contributed by atoms with Gasteiger partial charge in [-0.2, -0.15) is 0 Å². The van der Waals surface area contributed by atoms with Crippen LogP contribution < -0.4 is 15.4 Å². The molecule has 0 heterocycles. The lowest BCUT2D eigenvalue weighted by atomic mass is 10.1. The van der Waals surface area contributed by atoms with E-state index in [0.29, 0.717) is 0 Å². The molecule has 1 unspecified atom stereocenters. The van der Waals surface area contributed by atoms with Gasteiger partial charge in [0.05, 0.1) is 14.2 Å². The van der Waals surface area contributed by atoms with Crippen molar-refractivity contribution in [2.75, 3.05) is 14.2 Å². The zero-order valence-corrected chi connectivity index (χ0v) is 10.9. The van der Waals surface area contributed by atoms with Crippen LogP contribution in [0, 0.1) is 6.92 Å². The van der Waals surface area contributed by atoms with E-state index in [1.54, 1.807) is 7.11 Å². The van der Waals surface area contributed by atoms with Gasteiger partial charge in [0.1, 0.15) is 12.3 Å². The molecule has 1 aromatic carbocycles. The highest BCUT2D eigenvalue weighted by molar-refractivity contribution is 5.77. The number of likely N-dealkylation sites (N-methyl/N-ethyl adjacent to an activating group) is 1. The van der Waals surface area contributed by atoms with Crippen LogP contribution in [0.4, 0.5) is 0 Å². The normalized spacial score (nSPS) is 14.1. The molecule has 0 spiro atoms. The van der Waals surface area contributed by atoms with Gasteiger partial charge in [-0.25, -0.2) is 0 Å². The van der Waals surface area contributed by atoms with Crippen molar-refractivity contribution in [1.82, 2.24) is 0 Å². The second kappa shape index (κ2) is 5.68.